The van der Waals surface area contributed by atoms with E-state index in [-0.39, 0.29) is 0 Å². The summed E-state index contributed by atoms with van der Waals surface area (Å²) in [6, 6.07) is 10.4. The van der Waals surface area contributed by atoms with Crippen molar-refractivity contribution < 1.29 is 0 Å². The highest BCUT2D eigenvalue weighted by Crippen LogP contribution is 2.19. The summed E-state index contributed by atoms with van der Waals surface area (Å²) >= 11 is 5.72. The Bertz CT molecular complexity index is 448. The highest BCUT2D eigenvalue weighted by atomic mass is 35.5. The van der Waals surface area contributed by atoms with E-state index in [2.05, 4.69) is 36.3 Å². The summed E-state index contributed by atoms with van der Waals surface area (Å²) in [5, 5.41) is 4.24. The van der Waals surface area contributed by atoms with Crippen molar-refractivity contribution in [1.29, 1.82) is 0 Å². The van der Waals surface area contributed by atoms with Crippen molar-refractivity contribution in [2.24, 2.45) is 0 Å². The first-order chi connectivity index (χ1) is 7.31. The van der Waals surface area contributed by atoms with Crippen molar-refractivity contribution in [3.05, 3.63) is 42.1 Å². The van der Waals surface area contributed by atoms with Crippen LogP contribution in [0.5, 0.6) is 0 Å². The van der Waals surface area contributed by atoms with Crippen LogP contribution in [-0.2, 0) is 6.54 Å². The standard InChI is InChI=1S/C12H13ClN2/c1-10-3-2-4-11(9-10)12-5-7-14-15(12)8-6-13/h2-5,7,9H,6,8H2,1H3. The Hall–Kier alpha value is -1.28. The first-order valence-corrected chi connectivity index (χ1v) is 5.49. The third-order valence-electron chi connectivity index (χ3n) is 2.33. The van der Waals surface area contributed by atoms with Crippen molar-refractivity contribution in [1.82, 2.24) is 9.78 Å². The van der Waals surface area contributed by atoms with E-state index < -0.39 is 0 Å². The van der Waals surface area contributed by atoms with Gasteiger partial charge in [-0.15, -0.1) is 11.6 Å². The molecule has 1 heterocycles. The molecular weight excluding hydrogens is 208 g/mol. The molecule has 0 amide bonds. The zero-order chi connectivity index (χ0) is 10.7. The van der Waals surface area contributed by atoms with Crippen molar-refractivity contribution in [3.63, 3.8) is 0 Å². The van der Waals surface area contributed by atoms with Crippen LogP contribution in [-0.4, -0.2) is 15.7 Å². The molecular formula is C12H13ClN2. The SMILES string of the molecule is Cc1cccc(-c2ccnn2CCCl)c1. The van der Waals surface area contributed by atoms with Gasteiger partial charge in [0.05, 0.1) is 12.2 Å². The number of halogens is 1. The average molecular weight is 221 g/mol. The molecule has 15 heavy (non-hydrogen) atoms. The lowest BCUT2D eigenvalue weighted by Gasteiger charge is -2.06. The Balaban J connectivity index is 2.40. The summed E-state index contributed by atoms with van der Waals surface area (Å²) in [6.45, 7) is 2.84. The molecule has 0 saturated heterocycles. The van der Waals surface area contributed by atoms with E-state index in [9.17, 15) is 0 Å². The van der Waals surface area contributed by atoms with E-state index in [0.29, 0.717) is 5.88 Å². The van der Waals surface area contributed by atoms with Gasteiger partial charge < -0.3 is 0 Å². The van der Waals surface area contributed by atoms with Crippen LogP contribution in [0.25, 0.3) is 11.3 Å². The Labute approximate surface area is 94.5 Å². The lowest BCUT2D eigenvalue weighted by molar-refractivity contribution is 0.671. The average Bonchev–Trinajstić information content (AvgIpc) is 2.66. The number of aromatic nitrogens is 2. The van der Waals surface area contributed by atoms with Gasteiger partial charge in [-0.05, 0) is 19.1 Å². The van der Waals surface area contributed by atoms with E-state index in [1.807, 2.05) is 16.9 Å². The number of aryl methyl sites for hydroxylation is 2. The molecule has 1 aromatic heterocycles. The number of rotatable bonds is 3. The van der Waals surface area contributed by atoms with Gasteiger partial charge in [-0.2, -0.15) is 5.10 Å². The topological polar surface area (TPSA) is 17.8 Å². The molecule has 78 valence electrons. The molecule has 0 N–H and O–H groups in total. The van der Waals surface area contributed by atoms with Crippen LogP contribution in [0.3, 0.4) is 0 Å². The number of nitrogens with zero attached hydrogens (tertiary/aromatic N) is 2. The molecule has 0 saturated carbocycles. The molecule has 1 aromatic carbocycles. The molecule has 0 spiro atoms. The molecule has 0 fully saturated rings. The minimum atomic E-state index is 0.584. The Morgan fingerprint density at radius 3 is 2.93 bits per heavy atom. The molecule has 2 rings (SSSR count). The van der Waals surface area contributed by atoms with E-state index in [1.165, 1.54) is 11.1 Å². The molecule has 0 aliphatic rings. The van der Waals surface area contributed by atoms with Crippen LogP contribution in [0.2, 0.25) is 0 Å². The van der Waals surface area contributed by atoms with Gasteiger partial charge in [0.1, 0.15) is 0 Å². The maximum absolute atomic E-state index is 5.72. The second kappa shape index (κ2) is 4.49. The van der Waals surface area contributed by atoms with Crippen LogP contribution in [0.15, 0.2) is 36.5 Å². The fraction of sp³-hybridized carbons (Fsp3) is 0.250. The van der Waals surface area contributed by atoms with Crippen molar-refractivity contribution >= 4 is 11.6 Å². The van der Waals surface area contributed by atoms with E-state index in [0.717, 1.165) is 12.2 Å². The summed E-state index contributed by atoms with van der Waals surface area (Å²) in [5.74, 6) is 0.584. The zero-order valence-electron chi connectivity index (χ0n) is 8.65. The molecule has 2 aromatic rings. The van der Waals surface area contributed by atoms with Gasteiger partial charge >= 0.3 is 0 Å². The van der Waals surface area contributed by atoms with E-state index >= 15 is 0 Å². The minimum absolute atomic E-state index is 0.584. The summed E-state index contributed by atoms with van der Waals surface area (Å²) in [4.78, 5) is 0. The summed E-state index contributed by atoms with van der Waals surface area (Å²) in [5.41, 5.74) is 3.57. The van der Waals surface area contributed by atoms with Crippen molar-refractivity contribution in [2.75, 3.05) is 5.88 Å². The molecule has 2 nitrogen and oxygen atoms in total. The molecule has 0 unspecified atom stereocenters. The molecule has 0 radical (unpaired) electrons. The van der Waals surface area contributed by atoms with E-state index in [4.69, 9.17) is 11.6 Å². The minimum Gasteiger partial charge on any atom is -0.264 e. The lowest BCUT2D eigenvalue weighted by atomic mass is 10.1. The predicted molar refractivity (Wildman–Crippen MR) is 63.1 cm³/mol. The third-order valence-corrected chi connectivity index (χ3v) is 2.50. The number of benzene rings is 1. The summed E-state index contributed by atoms with van der Waals surface area (Å²) < 4.78 is 1.93. The lowest BCUT2D eigenvalue weighted by Crippen LogP contribution is -2.02. The monoisotopic (exact) mass is 220 g/mol. The van der Waals surface area contributed by atoms with Crippen LogP contribution < -0.4 is 0 Å². The van der Waals surface area contributed by atoms with Gasteiger partial charge in [-0.3, -0.25) is 4.68 Å². The van der Waals surface area contributed by atoms with Gasteiger partial charge in [-0.1, -0.05) is 23.8 Å². The molecule has 0 aliphatic carbocycles. The predicted octanol–water partition coefficient (Wildman–Crippen LogP) is 3.10. The fourth-order valence-electron chi connectivity index (χ4n) is 1.64. The summed E-state index contributed by atoms with van der Waals surface area (Å²) in [6.07, 6.45) is 1.81. The first-order valence-electron chi connectivity index (χ1n) is 4.96. The quantitative estimate of drug-likeness (QED) is 0.727. The maximum Gasteiger partial charge on any atom is 0.0682 e. The first kappa shape index (κ1) is 10.2. The number of hydrogen-bond donors (Lipinski definition) is 0. The summed E-state index contributed by atoms with van der Waals surface area (Å²) in [7, 11) is 0. The molecule has 0 atom stereocenters. The second-order valence-corrected chi connectivity index (χ2v) is 3.88. The highest BCUT2D eigenvalue weighted by Gasteiger charge is 2.04. The van der Waals surface area contributed by atoms with Crippen molar-refractivity contribution in [2.45, 2.75) is 13.5 Å². The number of hydrogen-bond acceptors (Lipinski definition) is 1. The smallest absolute Gasteiger partial charge is 0.0682 e. The zero-order valence-corrected chi connectivity index (χ0v) is 9.41. The molecule has 0 bridgehead atoms. The van der Waals surface area contributed by atoms with E-state index in [1.54, 1.807) is 0 Å². The van der Waals surface area contributed by atoms with Gasteiger partial charge in [0.25, 0.3) is 0 Å². The van der Waals surface area contributed by atoms with Gasteiger partial charge in [0.15, 0.2) is 0 Å². The largest absolute Gasteiger partial charge is 0.264 e. The van der Waals surface area contributed by atoms with Crippen LogP contribution >= 0.6 is 11.6 Å². The fourth-order valence-corrected chi connectivity index (χ4v) is 1.80. The number of alkyl halides is 1. The molecule has 0 aliphatic heterocycles. The Morgan fingerprint density at radius 2 is 2.20 bits per heavy atom. The normalized spacial score (nSPS) is 10.5. The molecule has 3 heteroatoms. The third kappa shape index (κ3) is 2.21. The maximum atomic E-state index is 5.72. The van der Waals surface area contributed by atoms with Gasteiger partial charge in [0.2, 0.25) is 0 Å². The van der Waals surface area contributed by atoms with Crippen LogP contribution in [0.1, 0.15) is 5.56 Å². The Kier molecular flexibility index (Phi) is 3.07. The van der Waals surface area contributed by atoms with Crippen LogP contribution in [0.4, 0.5) is 0 Å². The van der Waals surface area contributed by atoms with Gasteiger partial charge in [-0.25, -0.2) is 0 Å². The van der Waals surface area contributed by atoms with Crippen molar-refractivity contribution in [3.8, 4) is 11.3 Å². The Morgan fingerprint density at radius 1 is 1.33 bits per heavy atom. The van der Waals surface area contributed by atoms with Gasteiger partial charge in [0, 0.05) is 17.6 Å². The highest BCUT2D eigenvalue weighted by molar-refractivity contribution is 6.17. The second-order valence-electron chi connectivity index (χ2n) is 3.50. The van der Waals surface area contributed by atoms with Crippen LogP contribution in [0, 0.1) is 6.92 Å².